The highest BCUT2D eigenvalue weighted by atomic mass is 15.3. The Morgan fingerprint density at radius 2 is 1.12 bits per heavy atom. The Labute approximate surface area is 100 Å². The normalized spacial score (nSPS) is 23.6. The van der Waals surface area contributed by atoms with Crippen LogP contribution in [-0.4, -0.2) is 88.2 Å². The largest absolute Gasteiger partial charge is 0.333 e. The molecule has 0 spiro atoms. The van der Waals surface area contributed by atoms with E-state index in [1.165, 1.54) is 53.4 Å². The first-order valence-corrected chi connectivity index (χ1v) is 6.02. The molecule has 0 amide bonds. The molecule has 0 unspecified atom stereocenters. The van der Waals surface area contributed by atoms with Crippen LogP contribution < -0.4 is 11.5 Å². The summed E-state index contributed by atoms with van der Waals surface area (Å²) in [5.41, 5.74) is 9.00. The zero-order valence-electron chi connectivity index (χ0n) is 11.3. The average Bonchev–Trinajstić information content (AvgIpc) is 2.33. The third kappa shape index (κ3) is 4.76. The maximum Gasteiger partial charge on any atom is 0.0351 e. The van der Waals surface area contributed by atoms with Gasteiger partial charge in [0.25, 0.3) is 0 Å². The van der Waals surface area contributed by atoms with Crippen molar-refractivity contribution in [3.8, 4) is 0 Å². The highest BCUT2D eigenvalue weighted by Crippen LogP contribution is 2.12. The van der Waals surface area contributed by atoms with Crippen LogP contribution in [0.1, 0.15) is 0 Å². The number of hydrogen-bond acceptors (Lipinski definition) is 5. The van der Waals surface area contributed by atoms with Gasteiger partial charge in [0.2, 0.25) is 0 Å². The number of hydrogen-bond donors (Lipinski definition) is 2. The molecule has 0 atom stereocenters. The van der Waals surface area contributed by atoms with E-state index in [1.54, 1.807) is 0 Å². The Balaban J connectivity index is 0.000000509. The summed E-state index contributed by atoms with van der Waals surface area (Å²) in [5.74, 6) is 0. The smallest absolute Gasteiger partial charge is 0.0351 e. The summed E-state index contributed by atoms with van der Waals surface area (Å²) >= 11 is 0. The van der Waals surface area contributed by atoms with Crippen LogP contribution in [0.3, 0.4) is 0 Å². The van der Waals surface area contributed by atoms with E-state index in [4.69, 9.17) is 0 Å². The van der Waals surface area contributed by atoms with Gasteiger partial charge in [-0.15, -0.1) is 0 Å². The van der Waals surface area contributed by atoms with Crippen LogP contribution in [0.15, 0.2) is 0 Å². The molecule has 0 aromatic rings. The van der Waals surface area contributed by atoms with Crippen LogP contribution >= 0.6 is 0 Å². The summed E-state index contributed by atoms with van der Waals surface area (Å²) < 4.78 is 0. The van der Waals surface area contributed by atoms with Gasteiger partial charge in [0.05, 0.1) is 0 Å². The molecule has 0 aromatic carbocycles. The summed E-state index contributed by atoms with van der Waals surface area (Å²) in [4.78, 5) is 7.53. The molecule has 2 saturated heterocycles. The minimum absolute atomic E-state index is 0.794. The first kappa shape index (κ1) is 15.8. The fraction of sp³-hybridized carbons (Fsp3) is 1.00. The summed E-state index contributed by atoms with van der Waals surface area (Å²) in [6.07, 6.45) is 0. The zero-order valence-corrected chi connectivity index (χ0v) is 11.3. The summed E-state index contributed by atoms with van der Waals surface area (Å²) in [6.45, 7) is 7.55. The molecular formula is C11H29N5. The number of fused-ring (bicyclic) bond motifs is 1. The molecule has 2 fully saturated rings. The summed E-state index contributed by atoms with van der Waals surface area (Å²) in [7, 11) is 7.46. The van der Waals surface area contributed by atoms with Crippen molar-refractivity contribution in [2.24, 2.45) is 11.5 Å². The van der Waals surface area contributed by atoms with E-state index in [0.717, 1.165) is 6.04 Å². The van der Waals surface area contributed by atoms with Crippen LogP contribution in [-0.2, 0) is 0 Å². The SMILES string of the molecule is CN.CN.CN1CCN2CCN(C)CC2C1. The topological polar surface area (TPSA) is 61.8 Å². The van der Waals surface area contributed by atoms with E-state index in [9.17, 15) is 0 Å². The molecule has 2 aliphatic heterocycles. The van der Waals surface area contributed by atoms with Crippen molar-refractivity contribution in [2.45, 2.75) is 6.04 Å². The molecule has 0 aliphatic carbocycles. The Bertz CT molecular complexity index is 148. The zero-order chi connectivity index (χ0) is 12.6. The van der Waals surface area contributed by atoms with Crippen molar-refractivity contribution < 1.29 is 0 Å². The highest BCUT2D eigenvalue weighted by Gasteiger charge is 2.29. The van der Waals surface area contributed by atoms with Crippen molar-refractivity contribution in [2.75, 3.05) is 67.5 Å². The number of rotatable bonds is 0. The van der Waals surface area contributed by atoms with Crippen molar-refractivity contribution in [1.82, 2.24) is 14.7 Å². The van der Waals surface area contributed by atoms with E-state index in [0.29, 0.717) is 0 Å². The second-order valence-electron chi connectivity index (χ2n) is 4.21. The van der Waals surface area contributed by atoms with Crippen molar-refractivity contribution >= 4 is 0 Å². The van der Waals surface area contributed by atoms with Gasteiger partial charge in [0.1, 0.15) is 0 Å². The number of likely N-dealkylation sites (N-methyl/N-ethyl adjacent to an activating group) is 2. The second-order valence-corrected chi connectivity index (χ2v) is 4.21. The van der Waals surface area contributed by atoms with E-state index in [2.05, 4.69) is 40.3 Å². The first-order chi connectivity index (χ1) is 7.75. The van der Waals surface area contributed by atoms with Gasteiger partial charge in [-0.25, -0.2) is 0 Å². The molecule has 0 radical (unpaired) electrons. The van der Waals surface area contributed by atoms with Crippen LogP contribution in [0.4, 0.5) is 0 Å². The van der Waals surface area contributed by atoms with E-state index in [-0.39, 0.29) is 0 Å². The minimum atomic E-state index is 0.794. The molecule has 0 saturated carbocycles. The Kier molecular flexibility index (Phi) is 8.78. The minimum Gasteiger partial charge on any atom is -0.333 e. The van der Waals surface area contributed by atoms with Crippen LogP contribution in [0.5, 0.6) is 0 Å². The van der Waals surface area contributed by atoms with Gasteiger partial charge >= 0.3 is 0 Å². The monoisotopic (exact) mass is 231 g/mol. The summed E-state index contributed by atoms with van der Waals surface area (Å²) in [5, 5.41) is 0. The molecule has 5 nitrogen and oxygen atoms in total. The van der Waals surface area contributed by atoms with Crippen LogP contribution in [0.25, 0.3) is 0 Å². The molecule has 4 N–H and O–H groups in total. The lowest BCUT2D eigenvalue weighted by Crippen LogP contribution is -2.60. The number of nitrogens with two attached hydrogens (primary N) is 2. The molecule has 0 bridgehead atoms. The maximum atomic E-state index is 4.50. The Hall–Kier alpha value is -0.200. The van der Waals surface area contributed by atoms with E-state index < -0.39 is 0 Å². The third-order valence-corrected chi connectivity index (χ3v) is 3.10. The number of piperazine rings is 2. The van der Waals surface area contributed by atoms with Gasteiger partial charge < -0.3 is 21.3 Å². The molecular weight excluding hydrogens is 202 g/mol. The Morgan fingerprint density at radius 3 is 1.50 bits per heavy atom. The van der Waals surface area contributed by atoms with E-state index >= 15 is 0 Å². The molecule has 2 aliphatic rings. The van der Waals surface area contributed by atoms with Crippen LogP contribution in [0.2, 0.25) is 0 Å². The van der Waals surface area contributed by atoms with Crippen molar-refractivity contribution in [3.63, 3.8) is 0 Å². The van der Waals surface area contributed by atoms with Gasteiger partial charge in [0.15, 0.2) is 0 Å². The third-order valence-electron chi connectivity index (χ3n) is 3.10. The van der Waals surface area contributed by atoms with Crippen molar-refractivity contribution in [3.05, 3.63) is 0 Å². The standard InChI is InChI=1S/C9H19N3.2CH5N/c1-10-3-5-12-6-4-11(2)8-9(12)7-10;2*1-2/h9H,3-8H2,1-2H3;2*2H2,1H3. The summed E-state index contributed by atoms with van der Waals surface area (Å²) in [6, 6.07) is 0.794. The molecule has 16 heavy (non-hydrogen) atoms. The van der Waals surface area contributed by atoms with Crippen molar-refractivity contribution in [1.29, 1.82) is 0 Å². The second kappa shape index (κ2) is 8.90. The number of nitrogens with zero attached hydrogens (tertiary/aromatic N) is 3. The fourth-order valence-electron chi connectivity index (χ4n) is 2.27. The predicted molar refractivity (Wildman–Crippen MR) is 70.6 cm³/mol. The predicted octanol–water partition coefficient (Wildman–Crippen LogP) is -1.30. The molecule has 2 heterocycles. The quantitative estimate of drug-likeness (QED) is 0.542. The van der Waals surface area contributed by atoms with Gasteiger partial charge in [-0.05, 0) is 28.2 Å². The van der Waals surface area contributed by atoms with E-state index in [1.807, 2.05) is 0 Å². The highest BCUT2D eigenvalue weighted by molar-refractivity contribution is 4.86. The molecule has 5 heteroatoms. The lowest BCUT2D eigenvalue weighted by molar-refractivity contribution is 0.0298. The molecule has 2 rings (SSSR count). The van der Waals surface area contributed by atoms with Gasteiger partial charge in [-0.3, -0.25) is 4.90 Å². The lowest BCUT2D eigenvalue weighted by atomic mass is 10.1. The molecule has 0 aromatic heterocycles. The Morgan fingerprint density at radius 1 is 0.750 bits per heavy atom. The van der Waals surface area contributed by atoms with Crippen LogP contribution in [0, 0.1) is 0 Å². The maximum absolute atomic E-state index is 4.50. The van der Waals surface area contributed by atoms with Gasteiger partial charge in [-0.2, -0.15) is 0 Å². The first-order valence-electron chi connectivity index (χ1n) is 6.02. The lowest BCUT2D eigenvalue weighted by Gasteiger charge is -2.45. The fourth-order valence-corrected chi connectivity index (χ4v) is 2.27. The average molecular weight is 231 g/mol. The van der Waals surface area contributed by atoms with Gasteiger partial charge in [-0.1, -0.05) is 0 Å². The van der Waals surface area contributed by atoms with Gasteiger partial charge in [0, 0.05) is 45.3 Å². The molecule has 98 valence electrons.